The highest BCUT2D eigenvalue weighted by Crippen LogP contribution is 2.40. The van der Waals surface area contributed by atoms with Crippen LogP contribution in [0, 0.1) is 0 Å². The van der Waals surface area contributed by atoms with Gasteiger partial charge in [-0.3, -0.25) is 4.90 Å². The SMILES string of the molecule is C=C(CCl)CC1(C)CC(F)CN1C(C)(C)C. The van der Waals surface area contributed by atoms with Gasteiger partial charge < -0.3 is 0 Å². The molecule has 3 heteroatoms. The zero-order valence-corrected chi connectivity index (χ0v) is 11.6. The van der Waals surface area contributed by atoms with E-state index in [1.807, 2.05) is 0 Å². The predicted octanol–water partition coefficient (Wildman–Crippen LogP) is 3.77. The summed E-state index contributed by atoms with van der Waals surface area (Å²) in [4.78, 5) is 2.25. The topological polar surface area (TPSA) is 3.24 Å². The highest BCUT2D eigenvalue weighted by Gasteiger charge is 2.46. The van der Waals surface area contributed by atoms with Gasteiger partial charge in [0, 0.05) is 23.5 Å². The Kier molecular flexibility index (Phi) is 4.07. The number of likely N-dealkylation sites (tertiary alicyclic amines) is 1. The summed E-state index contributed by atoms with van der Waals surface area (Å²) in [6, 6.07) is 0. The monoisotopic (exact) mass is 247 g/mol. The van der Waals surface area contributed by atoms with Gasteiger partial charge in [-0.2, -0.15) is 0 Å². The van der Waals surface area contributed by atoms with Crippen molar-refractivity contribution in [2.24, 2.45) is 0 Å². The zero-order chi connectivity index (χ0) is 12.6. The van der Waals surface area contributed by atoms with E-state index in [1.165, 1.54) is 0 Å². The number of halogens is 2. The Morgan fingerprint density at radius 1 is 1.56 bits per heavy atom. The highest BCUT2D eigenvalue weighted by molar-refractivity contribution is 6.19. The summed E-state index contributed by atoms with van der Waals surface area (Å²) >= 11 is 5.78. The molecule has 2 atom stereocenters. The maximum Gasteiger partial charge on any atom is 0.115 e. The van der Waals surface area contributed by atoms with Crippen molar-refractivity contribution in [1.29, 1.82) is 0 Å². The third kappa shape index (κ3) is 2.98. The van der Waals surface area contributed by atoms with E-state index in [-0.39, 0.29) is 11.1 Å². The lowest BCUT2D eigenvalue weighted by atomic mass is 9.88. The Morgan fingerprint density at radius 2 is 2.12 bits per heavy atom. The maximum absolute atomic E-state index is 13.6. The molecule has 0 bridgehead atoms. The van der Waals surface area contributed by atoms with Gasteiger partial charge in [0.25, 0.3) is 0 Å². The molecule has 1 saturated heterocycles. The molecule has 0 spiro atoms. The maximum atomic E-state index is 13.6. The lowest BCUT2D eigenvalue weighted by molar-refractivity contribution is 0.0545. The summed E-state index contributed by atoms with van der Waals surface area (Å²) in [5.41, 5.74) is 0.846. The lowest BCUT2D eigenvalue weighted by Gasteiger charge is -2.44. The molecule has 1 rings (SSSR count). The van der Waals surface area contributed by atoms with Gasteiger partial charge in [-0.25, -0.2) is 4.39 Å². The van der Waals surface area contributed by atoms with Crippen molar-refractivity contribution in [3.63, 3.8) is 0 Å². The molecule has 0 saturated carbocycles. The van der Waals surface area contributed by atoms with E-state index < -0.39 is 6.17 Å². The third-order valence-electron chi connectivity index (χ3n) is 3.32. The van der Waals surface area contributed by atoms with E-state index in [1.54, 1.807) is 0 Å². The minimum atomic E-state index is -0.729. The van der Waals surface area contributed by atoms with Crippen molar-refractivity contribution in [2.75, 3.05) is 12.4 Å². The summed E-state index contributed by atoms with van der Waals surface area (Å²) in [6.07, 6.45) is 0.640. The fraction of sp³-hybridized carbons (Fsp3) is 0.846. The van der Waals surface area contributed by atoms with Gasteiger partial charge in [0.15, 0.2) is 0 Å². The van der Waals surface area contributed by atoms with Crippen LogP contribution in [0.1, 0.15) is 40.5 Å². The number of alkyl halides is 2. The summed E-state index contributed by atoms with van der Waals surface area (Å²) in [7, 11) is 0. The van der Waals surface area contributed by atoms with Crippen molar-refractivity contribution in [2.45, 2.75) is 57.8 Å². The summed E-state index contributed by atoms with van der Waals surface area (Å²) in [5.74, 6) is 0.463. The molecule has 0 amide bonds. The Morgan fingerprint density at radius 3 is 2.56 bits per heavy atom. The van der Waals surface area contributed by atoms with Crippen LogP contribution in [-0.2, 0) is 0 Å². The first-order valence-electron chi connectivity index (χ1n) is 5.83. The average molecular weight is 248 g/mol. The summed E-state index contributed by atoms with van der Waals surface area (Å²) in [5, 5.41) is 0. The van der Waals surface area contributed by atoms with Crippen LogP contribution in [0.2, 0.25) is 0 Å². The van der Waals surface area contributed by atoms with Gasteiger partial charge in [-0.05, 0) is 40.5 Å². The fourth-order valence-corrected chi connectivity index (χ4v) is 3.00. The molecule has 2 unspecified atom stereocenters. The molecule has 1 aliphatic rings. The molecule has 16 heavy (non-hydrogen) atoms. The van der Waals surface area contributed by atoms with Crippen molar-refractivity contribution >= 4 is 11.6 Å². The smallest absolute Gasteiger partial charge is 0.115 e. The van der Waals surface area contributed by atoms with Crippen LogP contribution in [-0.4, -0.2) is 34.6 Å². The Bertz CT molecular complexity index is 272. The van der Waals surface area contributed by atoms with Gasteiger partial charge in [0.2, 0.25) is 0 Å². The van der Waals surface area contributed by atoms with Gasteiger partial charge in [-0.1, -0.05) is 12.2 Å². The molecule has 1 nitrogen and oxygen atoms in total. The van der Waals surface area contributed by atoms with E-state index in [9.17, 15) is 4.39 Å². The molecular weight excluding hydrogens is 225 g/mol. The van der Waals surface area contributed by atoms with Crippen LogP contribution in [0.15, 0.2) is 12.2 Å². The van der Waals surface area contributed by atoms with Crippen molar-refractivity contribution < 1.29 is 4.39 Å². The van der Waals surface area contributed by atoms with Crippen LogP contribution in [0.3, 0.4) is 0 Å². The molecule has 0 aromatic rings. The van der Waals surface area contributed by atoms with Crippen molar-refractivity contribution in [1.82, 2.24) is 4.90 Å². The molecule has 0 radical (unpaired) electrons. The molecule has 1 fully saturated rings. The third-order valence-corrected chi connectivity index (χ3v) is 3.70. The largest absolute Gasteiger partial charge is 0.290 e. The molecule has 0 aromatic heterocycles. The number of rotatable bonds is 3. The molecule has 94 valence electrons. The van der Waals surface area contributed by atoms with E-state index in [2.05, 4.69) is 39.2 Å². The molecule has 1 aliphatic heterocycles. The first-order valence-corrected chi connectivity index (χ1v) is 6.37. The van der Waals surface area contributed by atoms with E-state index in [4.69, 9.17) is 11.6 Å². The predicted molar refractivity (Wildman–Crippen MR) is 68.9 cm³/mol. The van der Waals surface area contributed by atoms with Gasteiger partial charge in [0.05, 0.1) is 0 Å². The second kappa shape index (κ2) is 4.66. The molecule has 1 heterocycles. The van der Waals surface area contributed by atoms with E-state index >= 15 is 0 Å². The Balaban J connectivity index is 2.86. The van der Waals surface area contributed by atoms with Crippen LogP contribution in [0.25, 0.3) is 0 Å². The first kappa shape index (κ1) is 14.0. The summed E-state index contributed by atoms with van der Waals surface area (Å²) in [6.45, 7) is 13.0. The number of hydrogen-bond donors (Lipinski definition) is 0. The van der Waals surface area contributed by atoms with Crippen LogP contribution < -0.4 is 0 Å². The normalized spacial score (nSPS) is 32.0. The molecule has 0 aromatic carbocycles. The van der Waals surface area contributed by atoms with Crippen LogP contribution in [0.4, 0.5) is 4.39 Å². The van der Waals surface area contributed by atoms with Crippen LogP contribution in [0.5, 0.6) is 0 Å². The Labute approximate surface area is 104 Å². The minimum Gasteiger partial charge on any atom is -0.290 e. The standard InChI is InChI=1S/C13H23ClFN/c1-10(8-14)6-13(5)7-11(15)9-16(13)12(2,3)4/h11H,1,6-9H2,2-5H3. The number of nitrogens with zero attached hydrogens (tertiary/aromatic N) is 1. The lowest BCUT2D eigenvalue weighted by Crippen LogP contribution is -2.51. The van der Waals surface area contributed by atoms with Crippen LogP contribution >= 0.6 is 11.6 Å². The minimum absolute atomic E-state index is 0.0117. The molecular formula is C13H23ClFN. The van der Waals surface area contributed by atoms with Gasteiger partial charge >= 0.3 is 0 Å². The fourth-order valence-electron chi connectivity index (χ4n) is 2.91. The van der Waals surface area contributed by atoms with Gasteiger partial charge in [0.1, 0.15) is 6.17 Å². The first-order chi connectivity index (χ1) is 7.19. The Hall–Kier alpha value is -0.0800. The van der Waals surface area contributed by atoms with Crippen molar-refractivity contribution in [3.8, 4) is 0 Å². The van der Waals surface area contributed by atoms with Crippen molar-refractivity contribution in [3.05, 3.63) is 12.2 Å². The second-order valence-electron chi connectivity index (χ2n) is 6.14. The van der Waals surface area contributed by atoms with Gasteiger partial charge in [-0.15, -0.1) is 11.6 Å². The number of hydrogen-bond acceptors (Lipinski definition) is 1. The second-order valence-corrected chi connectivity index (χ2v) is 6.41. The average Bonchev–Trinajstić information content (AvgIpc) is 2.40. The van der Waals surface area contributed by atoms with E-state index in [0.717, 1.165) is 12.0 Å². The highest BCUT2D eigenvalue weighted by atomic mass is 35.5. The van der Waals surface area contributed by atoms with E-state index in [0.29, 0.717) is 18.8 Å². The zero-order valence-electron chi connectivity index (χ0n) is 10.8. The quantitative estimate of drug-likeness (QED) is 0.542. The summed E-state index contributed by atoms with van der Waals surface area (Å²) < 4.78 is 13.6. The molecule has 0 N–H and O–H groups in total. The molecule has 0 aliphatic carbocycles.